The standard InChI is InChI=1S/C15H17NO3/c1-9-5-4-7-11(13(9)17)15(19)10-6-2-3-8-12(10)16-14(15)18/h2-3,6,8-9,11,19H,4-5,7H2,1H3,(H,16,18)/t9-,11+,15-/m1/s1. The van der Waals surface area contributed by atoms with Crippen molar-refractivity contribution in [3.05, 3.63) is 29.8 Å². The van der Waals surface area contributed by atoms with Gasteiger partial charge in [0.05, 0.1) is 5.92 Å². The molecule has 4 heteroatoms. The molecule has 1 aromatic carbocycles. The third kappa shape index (κ3) is 1.63. The van der Waals surface area contributed by atoms with Crippen molar-refractivity contribution in [1.82, 2.24) is 0 Å². The highest BCUT2D eigenvalue weighted by atomic mass is 16.3. The molecule has 2 aliphatic rings. The zero-order valence-electron chi connectivity index (χ0n) is 10.8. The van der Waals surface area contributed by atoms with Crippen LogP contribution in [0.3, 0.4) is 0 Å². The summed E-state index contributed by atoms with van der Waals surface area (Å²) in [6.45, 7) is 1.87. The first-order valence-electron chi connectivity index (χ1n) is 6.72. The van der Waals surface area contributed by atoms with Crippen molar-refractivity contribution in [1.29, 1.82) is 0 Å². The summed E-state index contributed by atoms with van der Waals surface area (Å²) in [4.78, 5) is 24.5. The third-order valence-corrected chi connectivity index (χ3v) is 4.40. The van der Waals surface area contributed by atoms with Gasteiger partial charge in [-0.05, 0) is 18.9 Å². The molecule has 1 aliphatic heterocycles. The second-order valence-corrected chi connectivity index (χ2v) is 5.55. The predicted molar refractivity (Wildman–Crippen MR) is 70.5 cm³/mol. The average molecular weight is 259 g/mol. The summed E-state index contributed by atoms with van der Waals surface area (Å²) >= 11 is 0. The molecule has 1 saturated carbocycles. The van der Waals surface area contributed by atoms with E-state index >= 15 is 0 Å². The summed E-state index contributed by atoms with van der Waals surface area (Å²) in [6, 6.07) is 7.05. The Morgan fingerprint density at radius 2 is 2.00 bits per heavy atom. The number of amides is 1. The SMILES string of the molecule is C[C@@H]1CCC[C@H]([C@@]2(O)C(=O)Nc3ccccc32)C1=O. The summed E-state index contributed by atoms with van der Waals surface area (Å²) in [5, 5.41) is 13.6. The van der Waals surface area contributed by atoms with Crippen LogP contribution in [0.15, 0.2) is 24.3 Å². The Morgan fingerprint density at radius 3 is 2.79 bits per heavy atom. The summed E-state index contributed by atoms with van der Waals surface area (Å²) < 4.78 is 0. The van der Waals surface area contributed by atoms with E-state index in [0.717, 1.165) is 12.8 Å². The number of aliphatic hydroxyl groups is 1. The zero-order valence-corrected chi connectivity index (χ0v) is 10.8. The minimum atomic E-state index is -1.69. The van der Waals surface area contributed by atoms with E-state index in [1.165, 1.54) is 0 Å². The van der Waals surface area contributed by atoms with E-state index in [1.807, 2.05) is 6.92 Å². The van der Waals surface area contributed by atoms with E-state index in [0.29, 0.717) is 17.7 Å². The van der Waals surface area contributed by atoms with Crippen molar-refractivity contribution in [2.24, 2.45) is 11.8 Å². The number of rotatable bonds is 1. The lowest BCUT2D eigenvalue weighted by molar-refractivity contribution is -0.152. The van der Waals surface area contributed by atoms with Gasteiger partial charge in [-0.25, -0.2) is 0 Å². The fourth-order valence-electron chi connectivity index (χ4n) is 3.28. The molecule has 0 spiro atoms. The maximum Gasteiger partial charge on any atom is 0.261 e. The average Bonchev–Trinajstić information content (AvgIpc) is 2.66. The van der Waals surface area contributed by atoms with Crippen molar-refractivity contribution in [2.75, 3.05) is 5.32 Å². The molecule has 2 N–H and O–H groups in total. The Balaban J connectivity index is 2.07. The normalized spacial score (nSPS) is 34.0. The molecule has 4 nitrogen and oxygen atoms in total. The van der Waals surface area contributed by atoms with Crippen molar-refractivity contribution >= 4 is 17.4 Å². The summed E-state index contributed by atoms with van der Waals surface area (Å²) in [6.07, 6.45) is 2.28. The number of carbonyl (C=O) groups excluding carboxylic acids is 2. The lowest BCUT2D eigenvalue weighted by Crippen LogP contribution is -2.48. The molecule has 0 unspecified atom stereocenters. The summed E-state index contributed by atoms with van der Waals surface area (Å²) in [5.74, 6) is -1.18. The Labute approximate surface area is 111 Å². The molecule has 1 heterocycles. The van der Waals surface area contributed by atoms with Crippen LogP contribution in [0.25, 0.3) is 0 Å². The third-order valence-electron chi connectivity index (χ3n) is 4.40. The Kier molecular flexibility index (Phi) is 2.71. The number of hydrogen-bond acceptors (Lipinski definition) is 3. The number of Topliss-reactive ketones (excluding diaryl/α,β-unsaturated/α-hetero) is 1. The molecule has 0 saturated heterocycles. The fraction of sp³-hybridized carbons (Fsp3) is 0.467. The van der Waals surface area contributed by atoms with Gasteiger partial charge in [0.25, 0.3) is 5.91 Å². The largest absolute Gasteiger partial charge is 0.375 e. The first kappa shape index (κ1) is 12.4. The molecular weight excluding hydrogens is 242 g/mol. The van der Waals surface area contributed by atoms with Gasteiger partial charge in [0.1, 0.15) is 5.78 Å². The predicted octanol–water partition coefficient (Wildman–Crippen LogP) is 1.83. The molecular formula is C15H17NO3. The van der Waals surface area contributed by atoms with Gasteiger partial charge in [-0.2, -0.15) is 0 Å². The maximum atomic E-state index is 12.3. The molecule has 0 bridgehead atoms. The lowest BCUT2D eigenvalue weighted by atomic mass is 9.70. The first-order valence-corrected chi connectivity index (χ1v) is 6.72. The number of ketones is 1. The van der Waals surface area contributed by atoms with Crippen molar-refractivity contribution in [2.45, 2.75) is 31.8 Å². The van der Waals surface area contributed by atoms with E-state index < -0.39 is 17.4 Å². The summed E-state index contributed by atoms with van der Waals surface area (Å²) in [7, 11) is 0. The van der Waals surface area contributed by atoms with Crippen LogP contribution in [0, 0.1) is 11.8 Å². The van der Waals surface area contributed by atoms with E-state index in [9.17, 15) is 14.7 Å². The van der Waals surface area contributed by atoms with Gasteiger partial charge in [0.15, 0.2) is 5.60 Å². The molecule has 1 aliphatic carbocycles. The number of carbonyl (C=O) groups is 2. The Morgan fingerprint density at radius 1 is 1.26 bits per heavy atom. The monoisotopic (exact) mass is 259 g/mol. The van der Waals surface area contributed by atoms with Crippen LogP contribution >= 0.6 is 0 Å². The smallest absolute Gasteiger partial charge is 0.261 e. The van der Waals surface area contributed by atoms with Crippen molar-refractivity contribution in [3.8, 4) is 0 Å². The van der Waals surface area contributed by atoms with Gasteiger partial charge in [0, 0.05) is 17.2 Å². The molecule has 1 amide bonds. The molecule has 0 radical (unpaired) electrons. The number of nitrogens with one attached hydrogen (secondary N) is 1. The molecule has 19 heavy (non-hydrogen) atoms. The number of fused-ring (bicyclic) bond motifs is 1. The van der Waals surface area contributed by atoms with Gasteiger partial charge in [-0.15, -0.1) is 0 Å². The molecule has 1 aromatic rings. The van der Waals surface area contributed by atoms with Crippen LogP contribution in [-0.4, -0.2) is 16.8 Å². The molecule has 3 rings (SSSR count). The zero-order chi connectivity index (χ0) is 13.6. The molecule has 3 atom stereocenters. The first-order chi connectivity index (χ1) is 9.05. The van der Waals surface area contributed by atoms with Gasteiger partial charge in [-0.3, -0.25) is 9.59 Å². The second kappa shape index (κ2) is 4.17. The highest BCUT2D eigenvalue weighted by Crippen LogP contribution is 2.45. The second-order valence-electron chi connectivity index (χ2n) is 5.55. The van der Waals surface area contributed by atoms with Crippen LogP contribution in [-0.2, 0) is 15.2 Å². The van der Waals surface area contributed by atoms with E-state index in [4.69, 9.17) is 0 Å². The number of hydrogen-bond donors (Lipinski definition) is 2. The molecule has 1 fully saturated rings. The minimum absolute atomic E-state index is 0.000558. The van der Waals surface area contributed by atoms with Crippen molar-refractivity contribution < 1.29 is 14.7 Å². The summed E-state index contributed by atoms with van der Waals surface area (Å²) in [5.41, 5.74) is -0.545. The van der Waals surface area contributed by atoms with Crippen LogP contribution in [0.2, 0.25) is 0 Å². The Bertz CT molecular complexity index is 554. The van der Waals surface area contributed by atoms with Gasteiger partial charge < -0.3 is 10.4 Å². The number of para-hydroxylation sites is 1. The van der Waals surface area contributed by atoms with E-state index in [1.54, 1.807) is 24.3 Å². The van der Waals surface area contributed by atoms with Crippen LogP contribution in [0.4, 0.5) is 5.69 Å². The maximum absolute atomic E-state index is 12.3. The van der Waals surface area contributed by atoms with E-state index in [2.05, 4.69) is 5.32 Å². The Hall–Kier alpha value is -1.68. The molecule has 0 aromatic heterocycles. The lowest BCUT2D eigenvalue weighted by Gasteiger charge is -2.35. The molecule has 100 valence electrons. The van der Waals surface area contributed by atoms with Gasteiger partial charge >= 0.3 is 0 Å². The van der Waals surface area contributed by atoms with Gasteiger partial charge in [0.2, 0.25) is 0 Å². The fourth-order valence-corrected chi connectivity index (χ4v) is 3.28. The highest BCUT2D eigenvalue weighted by molar-refractivity contribution is 6.08. The highest BCUT2D eigenvalue weighted by Gasteiger charge is 2.54. The van der Waals surface area contributed by atoms with E-state index in [-0.39, 0.29) is 11.7 Å². The number of anilines is 1. The van der Waals surface area contributed by atoms with Crippen molar-refractivity contribution in [3.63, 3.8) is 0 Å². The van der Waals surface area contributed by atoms with Crippen LogP contribution in [0.1, 0.15) is 31.7 Å². The topological polar surface area (TPSA) is 66.4 Å². The van der Waals surface area contributed by atoms with Crippen LogP contribution < -0.4 is 5.32 Å². The number of benzene rings is 1. The van der Waals surface area contributed by atoms with Crippen LogP contribution in [0.5, 0.6) is 0 Å². The van der Waals surface area contributed by atoms with Gasteiger partial charge in [-0.1, -0.05) is 31.5 Å². The quantitative estimate of drug-likeness (QED) is 0.808. The minimum Gasteiger partial charge on any atom is -0.375 e.